The molecule has 32 heavy (non-hydrogen) atoms. The number of carbonyl (C=O) groups excluding carboxylic acids is 2. The van der Waals surface area contributed by atoms with E-state index in [0.29, 0.717) is 18.8 Å². The number of benzene rings is 1. The highest BCUT2D eigenvalue weighted by Crippen LogP contribution is 2.31. The molecule has 172 valence electrons. The lowest BCUT2D eigenvalue weighted by molar-refractivity contribution is -0.134. The van der Waals surface area contributed by atoms with Gasteiger partial charge in [-0.3, -0.25) is 14.3 Å². The lowest BCUT2D eigenvalue weighted by Crippen LogP contribution is -2.64. The zero-order valence-electron chi connectivity index (χ0n) is 19.6. The van der Waals surface area contributed by atoms with Crippen molar-refractivity contribution < 1.29 is 9.59 Å². The Hall–Kier alpha value is -2.63. The number of carbonyl (C=O) groups is 2. The number of hydrogen-bond donors (Lipinski definition) is 1. The van der Waals surface area contributed by atoms with Crippen LogP contribution in [0.3, 0.4) is 0 Å². The lowest BCUT2D eigenvalue weighted by Gasteiger charge is -2.44. The first kappa shape index (κ1) is 22.6. The topological polar surface area (TPSA) is 67.2 Å². The Morgan fingerprint density at radius 1 is 1.12 bits per heavy atom. The van der Waals surface area contributed by atoms with Gasteiger partial charge in [-0.15, -0.1) is 0 Å². The fourth-order valence-corrected chi connectivity index (χ4v) is 4.90. The summed E-state index contributed by atoms with van der Waals surface area (Å²) in [5.74, 6) is 0.0212. The molecule has 1 aromatic heterocycles. The number of nitrogens with one attached hydrogen (secondary N) is 1. The van der Waals surface area contributed by atoms with Crippen molar-refractivity contribution in [3.8, 4) is 0 Å². The molecule has 0 radical (unpaired) electrons. The summed E-state index contributed by atoms with van der Waals surface area (Å²) in [6.07, 6.45) is 8.08. The fraction of sp³-hybridized carbons (Fsp3) is 0.577. The first-order valence-electron chi connectivity index (χ1n) is 12.1. The summed E-state index contributed by atoms with van der Waals surface area (Å²) in [5, 5.41) is 8.00. The first-order chi connectivity index (χ1) is 15.4. The highest BCUT2D eigenvalue weighted by atomic mass is 16.2. The van der Waals surface area contributed by atoms with Gasteiger partial charge in [0.15, 0.2) is 0 Å². The first-order valence-corrected chi connectivity index (χ1v) is 12.1. The van der Waals surface area contributed by atoms with Crippen LogP contribution in [0, 0.1) is 0 Å². The normalized spacial score (nSPS) is 22.4. The van der Waals surface area contributed by atoms with E-state index in [4.69, 9.17) is 0 Å². The Labute approximate surface area is 191 Å². The van der Waals surface area contributed by atoms with E-state index >= 15 is 0 Å². The van der Waals surface area contributed by atoms with Crippen LogP contribution in [0.5, 0.6) is 0 Å². The van der Waals surface area contributed by atoms with Gasteiger partial charge in [0, 0.05) is 12.6 Å². The van der Waals surface area contributed by atoms with Gasteiger partial charge < -0.3 is 10.2 Å². The minimum absolute atomic E-state index is 0.0698. The Morgan fingerprint density at radius 3 is 2.44 bits per heavy atom. The molecule has 6 heteroatoms. The monoisotopic (exact) mass is 436 g/mol. The van der Waals surface area contributed by atoms with Crippen LogP contribution in [0.15, 0.2) is 36.4 Å². The van der Waals surface area contributed by atoms with Crippen LogP contribution in [0.4, 0.5) is 0 Å². The second kappa shape index (κ2) is 9.47. The van der Waals surface area contributed by atoms with Gasteiger partial charge in [0.25, 0.3) is 5.91 Å². The summed E-state index contributed by atoms with van der Waals surface area (Å²) in [6.45, 7) is 6.80. The Balaban J connectivity index is 1.64. The van der Waals surface area contributed by atoms with Crippen LogP contribution in [-0.4, -0.2) is 38.1 Å². The van der Waals surface area contributed by atoms with Crippen molar-refractivity contribution in [1.82, 2.24) is 20.0 Å². The van der Waals surface area contributed by atoms with E-state index < -0.39 is 5.54 Å². The largest absolute Gasteiger partial charge is 0.351 e. The summed E-state index contributed by atoms with van der Waals surface area (Å²) in [7, 11) is 0. The van der Waals surface area contributed by atoms with Gasteiger partial charge in [0.2, 0.25) is 5.91 Å². The second-order valence-electron chi connectivity index (χ2n) is 9.93. The van der Waals surface area contributed by atoms with E-state index in [2.05, 4.69) is 24.3 Å². The Morgan fingerprint density at radius 2 is 1.78 bits per heavy atom. The second-order valence-corrected chi connectivity index (χ2v) is 9.93. The molecule has 2 heterocycles. The van der Waals surface area contributed by atoms with Crippen LogP contribution >= 0.6 is 0 Å². The fourth-order valence-electron chi connectivity index (χ4n) is 4.90. The van der Waals surface area contributed by atoms with Crippen LogP contribution in [0.25, 0.3) is 0 Å². The number of aromatic nitrogens is 2. The summed E-state index contributed by atoms with van der Waals surface area (Å²) < 4.78 is 1.75. The molecule has 1 atom stereocenters. The molecular weight excluding hydrogens is 400 g/mol. The van der Waals surface area contributed by atoms with E-state index in [1.54, 1.807) is 9.58 Å². The van der Waals surface area contributed by atoms with Crippen LogP contribution in [-0.2, 0) is 17.9 Å². The number of rotatable bonds is 5. The number of nitrogens with zero attached hydrogens (tertiary/aromatic N) is 3. The quantitative estimate of drug-likeness (QED) is 0.742. The molecule has 0 bridgehead atoms. The predicted molar refractivity (Wildman–Crippen MR) is 125 cm³/mol. The van der Waals surface area contributed by atoms with Gasteiger partial charge in [-0.05, 0) is 37.3 Å². The van der Waals surface area contributed by atoms with Crippen molar-refractivity contribution in [1.29, 1.82) is 0 Å². The highest BCUT2D eigenvalue weighted by Gasteiger charge is 2.48. The van der Waals surface area contributed by atoms with Crippen molar-refractivity contribution in [2.75, 3.05) is 0 Å². The molecule has 1 N–H and O–H groups in total. The molecule has 1 aliphatic heterocycles. The molecule has 2 aromatic rings. The van der Waals surface area contributed by atoms with Crippen molar-refractivity contribution in [3.05, 3.63) is 53.3 Å². The average molecular weight is 437 g/mol. The maximum absolute atomic E-state index is 13.7. The smallest absolute Gasteiger partial charge is 0.273 e. The molecule has 1 aliphatic carbocycles. The van der Waals surface area contributed by atoms with Crippen molar-refractivity contribution in [2.45, 2.75) is 96.3 Å². The zero-order valence-corrected chi connectivity index (χ0v) is 19.6. The van der Waals surface area contributed by atoms with Gasteiger partial charge >= 0.3 is 0 Å². The average Bonchev–Trinajstić information content (AvgIpc) is 3.18. The lowest BCUT2D eigenvalue weighted by atomic mass is 9.91. The van der Waals surface area contributed by atoms with Crippen LogP contribution < -0.4 is 5.32 Å². The zero-order chi connectivity index (χ0) is 22.7. The highest BCUT2D eigenvalue weighted by molar-refractivity contribution is 5.99. The molecule has 2 amide bonds. The van der Waals surface area contributed by atoms with Gasteiger partial charge in [0.1, 0.15) is 11.2 Å². The van der Waals surface area contributed by atoms with Crippen molar-refractivity contribution in [3.63, 3.8) is 0 Å². The van der Waals surface area contributed by atoms with Crippen molar-refractivity contribution in [2.24, 2.45) is 0 Å². The number of amides is 2. The molecule has 2 aliphatic rings. The van der Waals surface area contributed by atoms with E-state index in [9.17, 15) is 9.59 Å². The molecule has 0 unspecified atom stereocenters. The molecular formula is C26H36N4O2. The maximum Gasteiger partial charge on any atom is 0.273 e. The summed E-state index contributed by atoms with van der Waals surface area (Å²) >= 11 is 0. The molecule has 0 spiro atoms. The number of hydrogen-bond acceptors (Lipinski definition) is 3. The third-order valence-electron chi connectivity index (χ3n) is 7.02. The van der Waals surface area contributed by atoms with Gasteiger partial charge in [0.05, 0.1) is 12.2 Å². The molecule has 4 rings (SSSR count). The molecule has 0 saturated heterocycles. The third kappa shape index (κ3) is 4.59. The summed E-state index contributed by atoms with van der Waals surface area (Å²) in [5.41, 5.74) is 1.48. The number of fused-ring (bicyclic) bond motifs is 1. The molecule has 1 saturated carbocycles. The Kier molecular flexibility index (Phi) is 6.68. The summed E-state index contributed by atoms with van der Waals surface area (Å²) in [4.78, 5) is 29.1. The molecule has 6 nitrogen and oxygen atoms in total. The van der Waals surface area contributed by atoms with E-state index in [1.807, 2.05) is 43.3 Å². The minimum atomic E-state index is -0.997. The standard InChI is InChI=1S/C26H36N4O2/c1-19(2)22-16-23-24(31)29(17-20-12-8-7-9-13-20)26(3,18-30(23)28-22)25(32)27-21-14-10-5-4-6-11-15-21/h7-9,12-13,16,19,21H,4-6,10-11,14-15,17-18H2,1-3H3,(H,27,32)/t26-/m0/s1. The Bertz CT molecular complexity index is 944. The van der Waals surface area contributed by atoms with Crippen LogP contribution in [0.1, 0.15) is 93.4 Å². The SMILES string of the molecule is CC(C)c1cc2n(n1)C[C@@](C)(C(=O)NC1CCCCCCC1)N(Cc1ccccc1)C2=O. The summed E-state index contributed by atoms with van der Waals surface area (Å²) in [6, 6.07) is 12.0. The molecule has 1 aromatic carbocycles. The van der Waals surface area contributed by atoms with Crippen molar-refractivity contribution >= 4 is 11.8 Å². The molecule has 1 fully saturated rings. The van der Waals surface area contributed by atoms with E-state index in [0.717, 1.165) is 36.9 Å². The maximum atomic E-state index is 13.7. The predicted octanol–water partition coefficient (Wildman–Crippen LogP) is 4.65. The van der Waals surface area contributed by atoms with E-state index in [1.165, 1.54) is 19.3 Å². The van der Waals surface area contributed by atoms with Gasteiger partial charge in [-0.1, -0.05) is 76.3 Å². The minimum Gasteiger partial charge on any atom is -0.351 e. The van der Waals surface area contributed by atoms with Gasteiger partial charge in [-0.2, -0.15) is 5.10 Å². The third-order valence-corrected chi connectivity index (χ3v) is 7.02. The van der Waals surface area contributed by atoms with E-state index in [-0.39, 0.29) is 23.8 Å². The van der Waals surface area contributed by atoms with Gasteiger partial charge in [-0.25, -0.2) is 0 Å². The van der Waals surface area contributed by atoms with Crippen LogP contribution in [0.2, 0.25) is 0 Å².